The van der Waals surface area contributed by atoms with Gasteiger partial charge >= 0.3 is 12.1 Å². The predicted octanol–water partition coefficient (Wildman–Crippen LogP) is 3.65. The number of hydrogen-bond donors (Lipinski definition) is 1. The molecular weight excluding hydrogens is 309 g/mol. The Hall–Kier alpha value is -2.20. The van der Waals surface area contributed by atoms with Gasteiger partial charge in [0, 0.05) is 10.7 Å². The van der Waals surface area contributed by atoms with E-state index in [2.05, 4.69) is 4.74 Å². The molecule has 0 aliphatic carbocycles. The maximum Gasteiger partial charge on any atom is 0.432 e. The van der Waals surface area contributed by atoms with Gasteiger partial charge in [-0.15, -0.1) is 0 Å². The van der Waals surface area contributed by atoms with Gasteiger partial charge in [0.15, 0.2) is 5.57 Å². The van der Waals surface area contributed by atoms with E-state index in [9.17, 15) is 18.0 Å². The number of rotatable bonds is 4. The number of carbonyl (C=O) groups is 1. The summed E-state index contributed by atoms with van der Waals surface area (Å²) in [6.45, 7) is 1.28. The summed E-state index contributed by atoms with van der Waals surface area (Å²) in [4.78, 5) is 11.4. The van der Waals surface area contributed by atoms with Crippen LogP contribution in [0.4, 0.5) is 18.9 Å². The van der Waals surface area contributed by atoms with Crippen molar-refractivity contribution in [2.24, 2.45) is 0 Å². The lowest BCUT2D eigenvalue weighted by Gasteiger charge is -2.16. The molecule has 112 valence electrons. The molecule has 0 unspecified atom stereocenters. The number of halogens is 4. The second-order valence-electron chi connectivity index (χ2n) is 3.71. The smallest absolute Gasteiger partial charge is 0.432 e. The van der Waals surface area contributed by atoms with E-state index in [-0.39, 0.29) is 12.3 Å². The van der Waals surface area contributed by atoms with Gasteiger partial charge in [-0.25, -0.2) is 4.79 Å². The van der Waals surface area contributed by atoms with Crippen molar-refractivity contribution in [3.05, 3.63) is 40.6 Å². The van der Waals surface area contributed by atoms with Crippen molar-refractivity contribution in [2.45, 2.75) is 13.1 Å². The molecule has 0 bridgehead atoms. The maximum absolute atomic E-state index is 13.0. The molecule has 8 heteroatoms. The summed E-state index contributed by atoms with van der Waals surface area (Å²) in [6, 6.07) is 6.53. The first kappa shape index (κ1) is 16.9. The second kappa shape index (κ2) is 6.99. The molecule has 0 saturated heterocycles. The zero-order valence-electron chi connectivity index (χ0n) is 10.8. The van der Waals surface area contributed by atoms with Gasteiger partial charge in [-0.05, 0) is 31.2 Å². The number of allylic oxidation sites excluding steroid dienone is 1. The highest BCUT2D eigenvalue weighted by atomic mass is 35.5. The summed E-state index contributed by atoms with van der Waals surface area (Å²) in [5.74, 6) is -1.34. The molecule has 0 aliphatic heterocycles. The number of anilines is 1. The standard InChI is InChI=1S/C13H10ClF3N2O2/c1-2-21-12(20)10(7-18)11(13(15,16)17)19-9-5-3-8(14)4-6-9/h3-6,19H,2H2,1H3. The number of carbonyl (C=O) groups excluding carboxylic acids is 1. The minimum atomic E-state index is -4.92. The second-order valence-corrected chi connectivity index (χ2v) is 4.15. The Labute approximate surface area is 123 Å². The van der Waals surface area contributed by atoms with Gasteiger partial charge in [-0.2, -0.15) is 18.4 Å². The first-order valence-corrected chi connectivity index (χ1v) is 6.08. The van der Waals surface area contributed by atoms with E-state index in [0.717, 1.165) is 0 Å². The highest BCUT2D eigenvalue weighted by molar-refractivity contribution is 6.30. The quantitative estimate of drug-likeness (QED) is 0.523. The molecule has 1 aromatic rings. The Morgan fingerprint density at radius 1 is 1.38 bits per heavy atom. The molecule has 1 rings (SSSR count). The number of hydrogen-bond acceptors (Lipinski definition) is 4. The Morgan fingerprint density at radius 3 is 2.38 bits per heavy atom. The SMILES string of the molecule is CCOC(=O)C(C#N)=C(Nc1ccc(Cl)cc1)C(F)(F)F. The maximum atomic E-state index is 13.0. The number of alkyl halides is 3. The fourth-order valence-corrected chi connectivity index (χ4v) is 1.49. The number of nitriles is 1. The third-order valence-corrected chi connectivity index (χ3v) is 2.49. The minimum absolute atomic E-state index is 0.0313. The molecule has 0 heterocycles. The fraction of sp³-hybridized carbons (Fsp3) is 0.231. The van der Waals surface area contributed by atoms with Crippen LogP contribution >= 0.6 is 11.6 Å². The molecule has 0 fully saturated rings. The third kappa shape index (κ3) is 4.68. The largest absolute Gasteiger partial charge is 0.462 e. The van der Waals surface area contributed by atoms with Crippen LogP contribution in [0.5, 0.6) is 0 Å². The normalized spacial score (nSPS) is 12.2. The molecule has 0 spiro atoms. The Balaban J connectivity index is 3.25. The van der Waals surface area contributed by atoms with Gasteiger partial charge in [0.05, 0.1) is 6.61 Å². The van der Waals surface area contributed by atoms with Crippen LogP contribution in [0.25, 0.3) is 0 Å². The van der Waals surface area contributed by atoms with Crippen molar-refractivity contribution in [3.63, 3.8) is 0 Å². The summed E-state index contributed by atoms with van der Waals surface area (Å²) >= 11 is 5.63. The molecule has 0 saturated carbocycles. The van der Waals surface area contributed by atoms with Gasteiger partial charge in [0.25, 0.3) is 0 Å². The van der Waals surface area contributed by atoms with E-state index in [1.54, 1.807) is 0 Å². The van der Waals surface area contributed by atoms with Crippen LogP contribution < -0.4 is 5.32 Å². The van der Waals surface area contributed by atoms with Gasteiger partial charge in [0.1, 0.15) is 11.8 Å². The van der Waals surface area contributed by atoms with Crippen LogP contribution in [0, 0.1) is 11.3 Å². The van der Waals surface area contributed by atoms with Gasteiger partial charge < -0.3 is 10.1 Å². The zero-order chi connectivity index (χ0) is 16.0. The third-order valence-electron chi connectivity index (χ3n) is 2.24. The highest BCUT2D eigenvalue weighted by Crippen LogP contribution is 2.30. The van der Waals surface area contributed by atoms with Crippen LogP contribution in [0.3, 0.4) is 0 Å². The number of ether oxygens (including phenoxy) is 1. The molecule has 1 N–H and O–H groups in total. The van der Waals surface area contributed by atoms with Crippen LogP contribution in [0.2, 0.25) is 5.02 Å². The number of nitrogens with one attached hydrogen (secondary N) is 1. The van der Waals surface area contributed by atoms with E-state index >= 15 is 0 Å². The lowest BCUT2D eigenvalue weighted by molar-refractivity contribution is -0.139. The average Bonchev–Trinajstić information content (AvgIpc) is 2.40. The summed E-state index contributed by atoms with van der Waals surface area (Å²) in [6.07, 6.45) is -4.92. The van der Waals surface area contributed by atoms with Crippen LogP contribution in [0.1, 0.15) is 6.92 Å². The van der Waals surface area contributed by atoms with Crippen molar-refractivity contribution in [3.8, 4) is 6.07 Å². The van der Waals surface area contributed by atoms with E-state index in [4.69, 9.17) is 16.9 Å². The van der Waals surface area contributed by atoms with Crippen molar-refractivity contribution in [1.29, 1.82) is 5.26 Å². The lowest BCUT2D eigenvalue weighted by atomic mass is 10.2. The van der Waals surface area contributed by atoms with Crippen molar-refractivity contribution >= 4 is 23.3 Å². The average molecular weight is 319 g/mol. The molecular formula is C13H10ClF3N2O2. The molecule has 21 heavy (non-hydrogen) atoms. The van der Waals surface area contributed by atoms with Crippen LogP contribution in [0.15, 0.2) is 35.5 Å². The zero-order valence-corrected chi connectivity index (χ0v) is 11.5. The summed E-state index contributed by atoms with van der Waals surface area (Å²) in [7, 11) is 0. The van der Waals surface area contributed by atoms with Crippen molar-refractivity contribution < 1.29 is 22.7 Å². The molecule has 0 aliphatic rings. The van der Waals surface area contributed by atoms with Gasteiger partial charge in [-0.1, -0.05) is 11.6 Å². The highest BCUT2D eigenvalue weighted by Gasteiger charge is 2.39. The Bertz CT molecular complexity index is 589. The minimum Gasteiger partial charge on any atom is -0.462 e. The van der Waals surface area contributed by atoms with E-state index < -0.39 is 23.4 Å². The van der Waals surface area contributed by atoms with Crippen LogP contribution in [-0.2, 0) is 9.53 Å². The first-order valence-electron chi connectivity index (χ1n) is 5.70. The molecule has 4 nitrogen and oxygen atoms in total. The van der Waals surface area contributed by atoms with Gasteiger partial charge in [0.2, 0.25) is 0 Å². The van der Waals surface area contributed by atoms with Crippen molar-refractivity contribution in [2.75, 3.05) is 11.9 Å². The summed E-state index contributed by atoms with van der Waals surface area (Å²) in [5.41, 5.74) is -2.59. The van der Waals surface area contributed by atoms with E-state index in [1.807, 2.05) is 5.32 Å². The van der Waals surface area contributed by atoms with Crippen molar-refractivity contribution in [1.82, 2.24) is 0 Å². The number of benzene rings is 1. The summed E-state index contributed by atoms with van der Waals surface area (Å²) in [5, 5.41) is 11.2. The Kier molecular flexibility index (Phi) is 5.61. The molecule has 0 aromatic heterocycles. The summed E-state index contributed by atoms with van der Waals surface area (Å²) < 4.78 is 43.5. The van der Waals surface area contributed by atoms with Crippen LogP contribution in [-0.4, -0.2) is 18.8 Å². The predicted molar refractivity (Wildman–Crippen MR) is 70.4 cm³/mol. The number of esters is 1. The first-order chi connectivity index (χ1) is 9.79. The molecule has 0 radical (unpaired) electrons. The molecule has 0 amide bonds. The molecule has 1 aromatic carbocycles. The lowest BCUT2D eigenvalue weighted by Crippen LogP contribution is -2.24. The Morgan fingerprint density at radius 2 is 1.95 bits per heavy atom. The fourth-order valence-electron chi connectivity index (χ4n) is 1.36. The number of nitrogens with zero attached hydrogens (tertiary/aromatic N) is 1. The molecule has 0 atom stereocenters. The van der Waals surface area contributed by atoms with E-state index in [0.29, 0.717) is 5.02 Å². The van der Waals surface area contributed by atoms with Gasteiger partial charge in [-0.3, -0.25) is 0 Å². The monoisotopic (exact) mass is 318 g/mol. The van der Waals surface area contributed by atoms with E-state index in [1.165, 1.54) is 37.3 Å². The topological polar surface area (TPSA) is 62.1 Å².